The lowest BCUT2D eigenvalue weighted by molar-refractivity contribution is 0.0541. The van der Waals surface area contributed by atoms with Gasteiger partial charge in [0.1, 0.15) is 18.2 Å². The standard InChI is InChI=1S/C15H20N2O2/c1-11(2)18-7-8-19-15-13(10-16)9-12-5-3-4-6-14(12)17-15/h9,11H,3-8H2,1-2H3. The third-order valence-corrected chi connectivity index (χ3v) is 3.16. The van der Waals surface area contributed by atoms with Crippen molar-refractivity contribution >= 4 is 0 Å². The van der Waals surface area contributed by atoms with Crippen molar-refractivity contribution in [2.24, 2.45) is 0 Å². The van der Waals surface area contributed by atoms with Crippen LogP contribution in [0.4, 0.5) is 0 Å². The van der Waals surface area contributed by atoms with E-state index in [9.17, 15) is 0 Å². The van der Waals surface area contributed by atoms with Gasteiger partial charge in [0.2, 0.25) is 5.88 Å². The number of pyridine rings is 1. The lowest BCUT2D eigenvalue weighted by atomic mass is 9.95. The maximum absolute atomic E-state index is 9.16. The second kappa shape index (κ2) is 6.53. The van der Waals surface area contributed by atoms with Crippen LogP contribution in [-0.4, -0.2) is 24.3 Å². The summed E-state index contributed by atoms with van der Waals surface area (Å²) in [5.41, 5.74) is 2.82. The van der Waals surface area contributed by atoms with Crippen molar-refractivity contribution in [3.05, 3.63) is 22.9 Å². The van der Waals surface area contributed by atoms with E-state index in [2.05, 4.69) is 11.1 Å². The minimum atomic E-state index is 0.190. The van der Waals surface area contributed by atoms with Gasteiger partial charge in [0.15, 0.2) is 0 Å². The Balaban J connectivity index is 2.04. The first-order valence-electron chi connectivity index (χ1n) is 6.88. The molecule has 0 spiro atoms. The summed E-state index contributed by atoms with van der Waals surface area (Å²) in [5, 5.41) is 9.16. The molecule has 0 N–H and O–H groups in total. The average molecular weight is 260 g/mol. The van der Waals surface area contributed by atoms with Crippen LogP contribution in [0.5, 0.6) is 5.88 Å². The zero-order valence-electron chi connectivity index (χ0n) is 11.6. The highest BCUT2D eigenvalue weighted by Crippen LogP contribution is 2.25. The van der Waals surface area contributed by atoms with Gasteiger partial charge in [-0.2, -0.15) is 5.26 Å². The first-order valence-corrected chi connectivity index (χ1v) is 6.88. The molecule has 1 aromatic rings. The number of hydrogen-bond donors (Lipinski definition) is 0. The Labute approximate surface area is 114 Å². The quantitative estimate of drug-likeness (QED) is 0.764. The van der Waals surface area contributed by atoms with Crippen molar-refractivity contribution in [2.45, 2.75) is 45.6 Å². The zero-order valence-corrected chi connectivity index (χ0v) is 11.6. The number of hydrogen-bond acceptors (Lipinski definition) is 4. The van der Waals surface area contributed by atoms with Gasteiger partial charge in [0, 0.05) is 5.69 Å². The van der Waals surface area contributed by atoms with Crippen LogP contribution in [0.1, 0.15) is 43.5 Å². The zero-order chi connectivity index (χ0) is 13.7. The highest BCUT2D eigenvalue weighted by atomic mass is 16.5. The maximum Gasteiger partial charge on any atom is 0.232 e. The molecule has 0 aliphatic heterocycles. The van der Waals surface area contributed by atoms with E-state index in [1.54, 1.807) is 0 Å². The number of nitrogens with zero attached hydrogens (tertiary/aromatic N) is 2. The van der Waals surface area contributed by atoms with Crippen LogP contribution in [-0.2, 0) is 17.6 Å². The first-order chi connectivity index (χ1) is 9.20. The number of aryl methyl sites for hydroxylation is 2. The van der Waals surface area contributed by atoms with Crippen LogP contribution < -0.4 is 4.74 Å². The Hall–Kier alpha value is -1.60. The average Bonchev–Trinajstić information content (AvgIpc) is 2.42. The van der Waals surface area contributed by atoms with Crippen LogP contribution in [0.25, 0.3) is 0 Å². The lowest BCUT2D eigenvalue weighted by Crippen LogP contribution is -2.14. The summed E-state index contributed by atoms with van der Waals surface area (Å²) in [6.45, 7) is 4.91. The second-order valence-electron chi connectivity index (χ2n) is 5.03. The molecule has 0 aromatic carbocycles. The second-order valence-corrected chi connectivity index (χ2v) is 5.03. The van der Waals surface area contributed by atoms with Gasteiger partial charge in [-0.25, -0.2) is 4.98 Å². The van der Waals surface area contributed by atoms with E-state index in [4.69, 9.17) is 14.7 Å². The van der Waals surface area contributed by atoms with E-state index in [1.807, 2.05) is 19.9 Å². The molecule has 0 saturated carbocycles. The minimum absolute atomic E-state index is 0.190. The highest BCUT2D eigenvalue weighted by molar-refractivity contribution is 5.43. The van der Waals surface area contributed by atoms with Crippen molar-refractivity contribution in [2.75, 3.05) is 13.2 Å². The Morgan fingerprint density at radius 1 is 1.32 bits per heavy atom. The molecule has 0 fully saturated rings. The smallest absolute Gasteiger partial charge is 0.232 e. The number of aromatic nitrogens is 1. The summed E-state index contributed by atoms with van der Waals surface area (Å²) in [6.07, 6.45) is 4.55. The monoisotopic (exact) mass is 260 g/mol. The summed E-state index contributed by atoms with van der Waals surface area (Å²) >= 11 is 0. The first kappa shape index (κ1) is 13.8. The molecule has 0 radical (unpaired) electrons. The molecule has 1 aliphatic carbocycles. The fourth-order valence-electron chi connectivity index (χ4n) is 2.23. The Morgan fingerprint density at radius 3 is 2.84 bits per heavy atom. The third-order valence-electron chi connectivity index (χ3n) is 3.16. The maximum atomic E-state index is 9.16. The number of ether oxygens (including phenoxy) is 2. The summed E-state index contributed by atoms with van der Waals surface area (Å²) in [4.78, 5) is 4.50. The van der Waals surface area contributed by atoms with Gasteiger partial charge in [0.25, 0.3) is 0 Å². The Morgan fingerprint density at radius 2 is 2.11 bits per heavy atom. The van der Waals surface area contributed by atoms with Gasteiger partial charge in [-0.15, -0.1) is 0 Å². The molecule has 1 heterocycles. The topological polar surface area (TPSA) is 55.1 Å². The number of nitriles is 1. The molecular weight excluding hydrogens is 240 g/mol. The van der Waals surface area contributed by atoms with Crippen LogP contribution in [0.15, 0.2) is 6.07 Å². The van der Waals surface area contributed by atoms with E-state index >= 15 is 0 Å². The van der Waals surface area contributed by atoms with Gasteiger partial charge >= 0.3 is 0 Å². The van der Waals surface area contributed by atoms with E-state index < -0.39 is 0 Å². The summed E-state index contributed by atoms with van der Waals surface area (Å²) in [6, 6.07) is 4.10. The molecular formula is C15H20N2O2. The predicted molar refractivity (Wildman–Crippen MR) is 72.2 cm³/mol. The van der Waals surface area contributed by atoms with Crippen LogP contribution >= 0.6 is 0 Å². The van der Waals surface area contributed by atoms with Crippen molar-refractivity contribution in [1.82, 2.24) is 4.98 Å². The molecule has 102 valence electrons. The molecule has 2 rings (SSSR count). The van der Waals surface area contributed by atoms with Crippen molar-refractivity contribution < 1.29 is 9.47 Å². The van der Waals surface area contributed by atoms with Gasteiger partial charge < -0.3 is 9.47 Å². The summed E-state index contributed by atoms with van der Waals surface area (Å²) in [5.74, 6) is 0.454. The largest absolute Gasteiger partial charge is 0.474 e. The number of rotatable bonds is 5. The molecule has 19 heavy (non-hydrogen) atoms. The molecule has 0 amide bonds. The lowest BCUT2D eigenvalue weighted by Gasteiger charge is -2.17. The van der Waals surface area contributed by atoms with Crippen molar-refractivity contribution in [1.29, 1.82) is 5.26 Å². The highest BCUT2D eigenvalue weighted by Gasteiger charge is 2.15. The molecule has 1 aliphatic rings. The SMILES string of the molecule is CC(C)OCCOc1nc2c(cc1C#N)CCCC2. The van der Waals surface area contributed by atoms with Gasteiger partial charge in [-0.1, -0.05) is 0 Å². The molecule has 0 atom stereocenters. The van der Waals surface area contributed by atoms with E-state index in [0.29, 0.717) is 24.7 Å². The minimum Gasteiger partial charge on any atom is -0.474 e. The molecule has 1 aromatic heterocycles. The van der Waals surface area contributed by atoms with Gasteiger partial charge in [-0.3, -0.25) is 0 Å². The normalized spacial score (nSPS) is 14.0. The third kappa shape index (κ3) is 3.68. The summed E-state index contributed by atoms with van der Waals surface area (Å²) in [7, 11) is 0. The fraction of sp³-hybridized carbons (Fsp3) is 0.600. The molecule has 0 bridgehead atoms. The Bertz CT molecular complexity index is 478. The van der Waals surface area contributed by atoms with Crippen molar-refractivity contribution in [3.8, 4) is 11.9 Å². The predicted octanol–water partition coefficient (Wildman–Crippen LogP) is 2.64. The molecule has 0 saturated heterocycles. The van der Waals surface area contributed by atoms with Crippen LogP contribution in [0.2, 0.25) is 0 Å². The van der Waals surface area contributed by atoms with Gasteiger partial charge in [0.05, 0.1) is 12.7 Å². The van der Waals surface area contributed by atoms with Crippen molar-refractivity contribution in [3.63, 3.8) is 0 Å². The van der Waals surface area contributed by atoms with Crippen LogP contribution in [0.3, 0.4) is 0 Å². The fourth-order valence-corrected chi connectivity index (χ4v) is 2.23. The molecule has 0 unspecified atom stereocenters. The molecule has 4 heteroatoms. The Kier molecular flexibility index (Phi) is 4.75. The van der Waals surface area contributed by atoms with Gasteiger partial charge in [-0.05, 0) is 51.2 Å². The van der Waals surface area contributed by atoms with E-state index in [1.165, 1.54) is 18.4 Å². The van der Waals surface area contributed by atoms with Crippen LogP contribution in [0, 0.1) is 11.3 Å². The summed E-state index contributed by atoms with van der Waals surface area (Å²) < 4.78 is 11.0. The molecule has 4 nitrogen and oxygen atoms in total. The van der Waals surface area contributed by atoms with E-state index in [0.717, 1.165) is 18.5 Å². The van der Waals surface area contributed by atoms with E-state index in [-0.39, 0.29) is 6.10 Å². The number of fused-ring (bicyclic) bond motifs is 1.